The zero-order valence-electron chi connectivity index (χ0n) is 8.92. The number of hydrogen-bond donors (Lipinski definition) is 0. The Hall–Kier alpha value is -0.603. The Morgan fingerprint density at radius 1 is 1.15 bits per heavy atom. The van der Waals surface area contributed by atoms with Crippen molar-refractivity contribution in [2.45, 2.75) is 33.2 Å². The Kier molecular flexibility index (Phi) is 3.28. The third-order valence-electron chi connectivity index (χ3n) is 1.92. The van der Waals surface area contributed by atoms with Crippen molar-refractivity contribution >= 4 is 8.32 Å². The summed E-state index contributed by atoms with van der Waals surface area (Å²) in [4.78, 5) is 0. The summed E-state index contributed by atoms with van der Waals surface area (Å²) in [6, 6.07) is 8.39. The molecule has 0 atom stereocenters. The van der Waals surface area contributed by atoms with E-state index >= 15 is 0 Å². The predicted octanol–water partition coefficient (Wildman–Crippen LogP) is 3.35. The lowest BCUT2D eigenvalue weighted by atomic mass is 10.1. The van der Waals surface area contributed by atoms with Crippen LogP contribution < -0.4 is 0 Å². The molecule has 0 aliphatic carbocycles. The van der Waals surface area contributed by atoms with Gasteiger partial charge in [-0.25, -0.2) is 0 Å². The zero-order chi connectivity index (χ0) is 9.90. The molecule has 0 amide bonds. The van der Waals surface area contributed by atoms with E-state index in [1.54, 1.807) is 0 Å². The molecule has 0 fully saturated rings. The molecule has 0 saturated heterocycles. The lowest BCUT2D eigenvalue weighted by Gasteiger charge is -2.17. The van der Waals surface area contributed by atoms with Crippen molar-refractivity contribution in [3.63, 3.8) is 0 Å². The lowest BCUT2D eigenvalue weighted by Crippen LogP contribution is -2.25. The van der Waals surface area contributed by atoms with Crippen LogP contribution in [0.25, 0.3) is 0 Å². The van der Waals surface area contributed by atoms with Crippen LogP contribution in [0, 0.1) is 6.92 Å². The van der Waals surface area contributed by atoms with Gasteiger partial charge >= 0.3 is 0 Å². The fourth-order valence-electron chi connectivity index (χ4n) is 1.07. The smallest absolute Gasteiger partial charge is 0.184 e. The van der Waals surface area contributed by atoms with Crippen molar-refractivity contribution in [2.24, 2.45) is 0 Å². The number of aryl methyl sites for hydroxylation is 1. The highest BCUT2D eigenvalue weighted by molar-refractivity contribution is 6.69. The van der Waals surface area contributed by atoms with Crippen LogP contribution in [-0.2, 0) is 11.0 Å². The summed E-state index contributed by atoms with van der Waals surface area (Å²) in [6.45, 7) is 9.53. The molecule has 1 rings (SSSR count). The quantitative estimate of drug-likeness (QED) is 0.671. The first kappa shape index (κ1) is 10.5. The molecule has 0 saturated carbocycles. The van der Waals surface area contributed by atoms with Crippen molar-refractivity contribution in [1.82, 2.24) is 0 Å². The largest absolute Gasteiger partial charge is 0.413 e. The molecular formula is C11H18OSi. The fraction of sp³-hybridized carbons (Fsp3) is 0.455. The maximum absolute atomic E-state index is 5.84. The molecule has 1 aromatic carbocycles. The van der Waals surface area contributed by atoms with Crippen molar-refractivity contribution in [1.29, 1.82) is 0 Å². The molecule has 72 valence electrons. The summed E-state index contributed by atoms with van der Waals surface area (Å²) in [5, 5.41) is 0. The van der Waals surface area contributed by atoms with Crippen LogP contribution in [0.1, 0.15) is 11.1 Å². The normalized spacial score (nSPS) is 11.7. The van der Waals surface area contributed by atoms with Gasteiger partial charge in [0.1, 0.15) is 0 Å². The predicted molar refractivity (Wildman–Crippen MR) is 59.3 cm³/mol. The molecule has 0 spiro atoms. The molecule has 0 aliphatic heterocycles. The van der Waals surface area contributed by atoms with Gasteiger partial charge in [-0.2, -0.15) is 0 Å². The van der Waals surface area contributed by atoms with E-state index in [1.807, 2.05) is 0 Å². The average molecular weight is 194 g/mol. The van der Waals surface area contributed by atoms with Gasteiger partial charge in [-0.15, -0.1) is 0 Å². The van der Waals surface area contributed by atoms with Crippen LogP contribution in [0.2, 0.25) is 19.6 Å². The molecule has 0 bridgehead atoms. The van der Waals surface area contributed by atoms with Gasteiger partial charge in [0, 0.05) is 0 Å². The zero-order valence-corrected chi connectivity index (χ0v) is 9.92. The number of rotatable bonds is 3. The van der Waals surface area contributed by atoms with Crippen LogP contribution in [0.4, 0.5) is 0 Å². The molecule has 1 nitrogen and oxygen atoms in total. The van der Waals surface area contributed by atoms with Gasteiger partial charge in [0.25, 0.3) is 0 Å². The average Bonchev–Trinajstić information content (AvgIpc) is 2.01. The van der Waals surface area contributed by atoms with Crippen molar-refractivity contribution in [3.05, 3.63) is 35.4 Å². The van der Waals surface area contributed by atoms with Crippen LogP contribution in [-0.4, -0.2) is 8.32 Å². The van der Waals surface area contributed by atoms with E-state index in [2.05, 4.69) is 50.8 Å². The van der Waals surface area contributed by atoms with Crippen LogP contribution in [0.5, 0.6) is 0 Å². The summed E-state index contributed by atoms with van der Waals surface area (Å²) >= 11 is 0. The van der Waals surface area contributed by atoms with Gasteiger partial charge in [-0.1, -0.05) is 24.3 Å². The number of hydrogen-bond acceptors (Lipinski definition) is 1. The van der Waals surface area contributed by atoms with Gasteiger partial charge in [-0.05, 0) is 37.7 Å². The second-order valence-electron chi connectivity index (χ2n) is 4.33. The van der Waals surface area contributed by atoms with E-state index in [1.165, 1.54) is 11.1 Å². The highest BCUT2D eigenvalue weighted by Gasteiger charge is 2.14. The Morgan fingerprint density at radius 3 is 2.31 bits per heavy atom. The Labute approximate surface area is 81.9 Å². The first-order valence-corrected chi connectivity index (χ1v) is 8.08. The maximum Gasteiger partial charge on any atom is 0.184 e. The Bertz CT molecular complexity index is 276. The van der Waals surface area contributed by atoms with Crippen LogP contribution in [0.15, 0.2) is 24.3 Å². The van der Waals surface area contributed by atoms with Crippen molar-refractivity contribution < 1.29 is 4.43 Å². The molecule has 0 heterocycles. The Balaban J connectivity index is 2.60. The molecule has 0 radical (unpaired) electrons. The molecule has 13 heavy (non-hydrogen) atoms. The molecule has 0 aromatic heterocycles. The van der Waals surface area contributed by atoms with E-state index in [0.717, 1.165) is 6.61 Å². The second kappa shape index (κ2) is 4.07. The molecule has 1 aromatic rings. The minimum absolute atomic E-state index is 0.766. The topological polar surface area (TPSA) is 9.23 Å². The molecular weight excluding hydrogens is 176 g/mol. The maximum atomic E-state index is 5.84. The summed E-state index contributed by atoms with van der Waals surface area (Å²) in [5.74, 6) is 0. The van der Waals surface area contributed by atoms with Gasteiger partial charge < -0.3 is 4.43 Å². The third kappa shape index (κ3) is 3.74. The minimum Gasteiger partial charge on any atom is -0.413 e. The van der Waals surface area contributed by atoms with E-state index in [4.69, 9.17) is 4.43 Å². The number of benzene rings is 1. The molecule has 0 aliphatic rings. The summed E-state index contributed by atoms with van der Waals surface area (Å²) in [6.07, 6.45) is 0. The highest BCUT2D eigenvalue weighted by Crippen LogP contribution is 2.12. The summed E-state index contributed by atoms with van der Waals surface area (Å²) in [7, 11) is -1.36. The van der Waals surface area contributed by atoms with E-state index in [0.29, 0.717) is 0 Å². The Morgan fingerprint density at radius 2 is 1.77 bits per heavy atom. The van der Waals surface area contributed by atoms with Crippen LogP contribution >= 0.6 is 0 Å². The van der Waals surface area contributed by atoms with Gasteiger partial charge in [0.15, 0.2) is 8.32 Å². The van der Waals surface area contributed by atoms with E-state index in [-0.39, 0.29) is 0 Å². The van der Waals surface area contributed by atoms with Gasteiger partial charge in [-0.3, -0.25) is 0 Å². The van der Waals surface area contributed by atoms with E-state index in [9.17, 15) is 0 Å². The first-order chi connectivity index (χ1) is 5.99. The van der Waals surface area contributed by atoms with Crippen LogP contribution in [0.3, 0.4) is 0 Å². The van der Waals surface area contributed by atoms with Crippen molar-refractivity contribution in [3.8, 4) is 0 Å². The first-order valence-electron chi connectivity index (χ1n) is 4.67. The third-order valence-corrected chi connectivity index (χ3v) is 2.93. The lowest BCUT2D eigenvalue weighted by molar-refractivity contribution is 0.299. The van der Waals surface area contributed by atoms with E-state index < -0.39 is 8.32 Å². The van der Waals surface area contributed by atoms with Gasteiger partial charge in [0.2, 0.25) is 0 Å². The SMILES string of the molecule is Cc1ccccc1CO[Si](C)(C)C. The fourth-order valence-corrected chi connectivity index (χ4v) is 1.65. The molecule has 0 unspecified atom stereocenters. The minimum atomic E-state index is -1.36. The molecule has 2 heteroatoms. The highest BCUT2D eigenvalue weighted by atomic mass is 28.4. The van der Waals surface area contributed by atoms with Gasteiger partial charge in [0.05, 0.1) is 6.61 Å². The summed E-state index contributed by atoms with van der Waals surface area (Å²) in [5.41, 5.74) is 2.63. The van der Waals surface area contributed by atoms with Crippen molar-refractivity contribution in [2.75, 3.05) is 0 Å². The second-order valence-corrected chi connectivity index (χ2v) is 8.84. The standard InChI is InChI=1S/C11H18OSi/c1-10-7-5-6-8-11(10)9-12-13(2,3)4/h5-8H,9H2,1-4H3. The monoisotopic (exact) mass is 194 g/mol. The summed E-state index contributed by atoms with van der Waals surface area (Å²) < 4.78 is 5.84. The molecule has 0 N–H and O–H groups in total.